The van der Waals surface area contributed by atoms with Crippen molar-refractivity contribution in [2.45, 2.75) is 0 Å². The maximum Gasteiger partial charge on any atom is 0.177 e. The molecule has 0 fully saturated rings. The minimum atomic E-state index is -0.187. The van der Waals surface area contributed by atoms with Gasteiger partial charge in [-0.2, -0.15) is 0 Å². The van der Waals surface area contributed by atoms with Crippen LogP contribution in [0.2, 0.25) is 0 Å². The molecule has 0 heterocycles. The SMILES string of the molecule is COc1cc(C(=O)CBr)c(O)cc1Br. The molecule has 0 aliphatic rings. The van der Waals surface area contributed by atoms with Crippen molar-refractivity contribution in [1.29, 1.82) is 0 Å². The number of ether oxygens (including phenoxy) is 1. The third-order valence-electron chi connectivity index (χ3n) is 1.69. The summed E-state index contributed by atoms with van der Waals surface area (Å²) in [6.45, 7) is 0. The summed E-state index contributed by atoms with van der Waals surface area (Å²) in [7, 11) is 1.50. The summed E-state index contributed by atoms with van der Waals surface area (Å²) in [4.78, 5) is 11.3. The van der Waals surface area contributed by atoms with Crippen LogP contribution in [0.25, 0.3) is 0 Å². The lowest BCUT2D eigenvalue weighted by molar-refractivity contribution is 0.102. The van der Waals surface area contributed by atoms with Gasteiger partial charge in [-0.05, 0) is 28.1 Å². The van der Waals surface area contributed by atoms with Gasteiger partial charge in [0, 0.05) is 0 Å². The van der Waals surface area contributed by atoms with Crippen LogP contribution in [0, 0.1) is 0 Å². The van der Waals surface area contributed by atoms with Crippen molar-refractivity contribution in [1.82, 2.24) is 0 Å². The molecule has 14 heavy (non-hydrogen) atoms. The number of carbonyl (C=O) groups is 1. The number of rotatable bonds is 3. The number of alkyl halides is 1. The smallest absolute Gasteiger partial charge is 0.177 e. The van der Waals surface area contributed by atoms with Gasteiger partial charge in [0.1, 0.15) is 11.5 Å². The molecule has 0 aliphatic heterocycles. The number of aromatic hydroxyl groups is 1. The summed E-state index contributed by atoms with van der Waals surface area (Å²) >= 11 is 6.24. The minimum absolute atomic E-state index is 0.0536. The van der Waals surface area contributed by atoms with Crippen LogP contribution in [0.5, 0.6) is 11.5 Å². The fourth-order valence-electron chi connectivity index (χ4n) is 0.995. The molecule has 76 valence electrons. The minimum Gasteiger partial charge on any atom is -0.507 e. The molecule has 0 saturated heterocycles. The maximum atomic E-state index is 11.3. The summed E-state index contributed by atoms with van der Waals surface area (Å²) < 4.78 is 5.62. The molecule has 0 aromatic heterocycles. The molecule has 1 rings (SSSR count). The second-order valence-corrected chi connectivity index (χ2v) is 3.98. The van der Waals surface area contributed by atoms with E-state index in [2.05, 4.69) is 31.9 Å². The van der Waals surface area contributed by atoms with Crippen molar-refractivity contribution in [2.24, 2.45) is 0 Å². The van der Waals surface area contributed by atoms with Gasteiger partial charge in [-0.3, -0.25) is 4.79 Å². The number of hydrogen-bond acceptors (Lipinski definition) is 3. The summed E-state index contributed by atoms with van der Waals surface area (Å²) in [6.07, 6.45) is 0. The van der Waals surface area contributed by atoms with Gasteiger partial charge >= 0.3 is 0 Å². The Bertz CT molecular complexity index is 363. The Morgan fingerprint density at radius 2 is 2.21 bits per heavy atom. The van der Waals surface area contributed by atoms with E-state index in [0.29, 0.717) is 10.2 Å². The molecule has 0 bridgehead atoms. The van der Waals surface area contributed by atoms with Crippen LogP contribution in [0.4, 0.5) is 0 Å². The van der Waals surface area contributed by atoms with E-state index in [1.807, 2.05) is 0 Å². The highest BCUT2D eigenvalue weighted by Crippen LogP contribution is 2.32. The molecule has 3 nitrogen and oxygen atoms in total. The van der Waals surface area contributed by atoms with Crippen LogP contribution in [-0.4, -0.2) is 23.3 Å². The van der Waals surface area contributed by atoms with Gasteiger partial charge in [-0.1, -0.05) is 15.9 Å². The zero-order valence-electron chi connectivity index (χ0n) is 7.38. The zero-order chi connectivity index (χ0) is 10.7. The Labute approximate surface area is 98.3 Å². The number of hydrogen-bond donors (Lipinski definition) is 1. The van der Waals surface area contributed by atoms with E-state index in [1.54, 1.807) is 0 Å². The fraction of sp³-hybridized carbons (Fsp3) is 0.222. The summed E-state index contributed by atoms with van der Waals surface area (Å²) in [5.41, 5.74) is 0.252. The first-order valence-electron chi connectivity index (χ1n) is 3.75. The summed E-state index contributed by atoms with van der Waals surface area (Å²) in [6, 6.07) is 2.94. The average molecular weight is 324 g/mol. The Balaban J connectivity index is 3.24. The lowest BCUT2D eigenvalue weighted by atomic mass is 10.1. The zero-order valence-corrected chi connectivity index (χ0v) is 10.6. The number of methoxy groups -OCH3 is 1. The normalized spacial score (nSPS) is 9.93. The van der Waals surface area contributed by atoms with E-state index in [0.717, 1.165) is 0 Å². The molecular formula is C9H8Br2O3. The standard InChI is InChI=1S/C9H8Br2O3/c1-14-9-2-5(8(13)4-10)7(12)3-6(9)11/h2-3,12H,4H2,1H3. The van der Waals surface area contributed by atoms with Crippen LogP contribution < -0.4 is 4.74 Å². The molecule has 0 saturated carbocycles. The lowest BCUT2D eigenvalue weighted by Crippen LogP contribution is -2.01. The van der Waals surface area contributed by atoms with Crippen molar-refractivity contribution >= 4 is 37.6 Å². The van der Waals surface area contributed by atoms with Gasteiger partial charge in [0.25, 0.3) is 0 Å². The van der Waals surface area contributed by atoms with Crippen molar-refractivity contribution < 1.29 is 14.6 Å². The maximum absolute atomic E-state index is 11.3. The molecule has 1 aromatic carbocycles. The molecule has 0 unspecified atom stereocenters. The topological polar surface area (TPSA) is 46.5 Å². The Morgan fingerprint density at radius 3 is 2.71 bits per heavy atom. The largest absolute Gasteiger partial charge is 0.507 e. The van der Waals surface area contributed by atoms with E-state index < -0.39 is 0 Å². The Hall–Kier alpha value is -0.550. The first kappa shape index (κ1) is 11.5. The predicted molar refractivity (Wildman–Crippen MR) is 60.5 cm³/mol. The summed E-state index contributed by atoms with van der Waals surface area (Å²) in [5.74, 6) is 0.280. The number of phenolic OH excluding ortho intramolecular Hbond substituents is 1. The van der Waals surface area contributed by atoms with Crippen molar-refractivity contribution in [2.75, 3.05) is 12.4 Å². The van der Waals surface area contributed by atoms with Crippen LogP contribution in [0.1, 0.15) is 10.4 Å². The van der Waals surface area contributed by atoms with Gasteiger partial charge in [-0.15, -0.1) is 0 Å². The van der Waals surface area contributed by atoms with Crippen LogP contribution >= 0.6 is 31.9 Å². The van der Waals surface area contributed by atoms with Gasteiger partial charge in [0.2, 0.25) is 0 Å². The second kappa shape index (κ2) is 4.79. The van der Waals surface area contributed by atoms with Gasteiger partial charge in [0.05, 0.1) is 22.5 Å². The van der Waals surface area contributed by atoms with Crippen LogP contribution in [0.3, 0.4) is 0 Å². The number of carbonyl (C=O) groups excluding carboxylic acids is 1. The number of phenols is 1. The quantitative estimate of drug-likeness (QED) is 0.687. The third kappa shape index (κ3) is 2.27. The predicted octanol–water partition coefficient (Wildman–Crippen LogP) is 2.74. The fourth-order valence-corrected chi connectivity index (χ4v) is 1.79. The van der Waals surface area contributed by atoms with Crippen molar-refractivity contribution in [3.05, 3.63) is 22.2 Å². The molecule has 0 atom stereocenters. The van der Waals surface area contributed by atoms with Crippen LogP contribution in [-0.2, 0) is 0 Å². The summed E-state index contributed by atoms with van der Waals surface area (Å²) in [5, 5.41) is 9.66. The second-order valence-electron chi connectivity index (χ2n) is 2.56. The Kier molecular flexibility index (Phi) is 3.95. The average Bonchev–Trinajstić information content (AvgIpc) is 2.17. The first-order chi connectivity index (χ1) is 6.60. The molecule has 1 N–H and O–H groups in total. The molecule has 0 amide bonds. The number of benzene rings is 1. The highest BCUT2D eigenvalue weighted by Gasteiger charge is 2.13. The molecule has 0 radical (unpaired) electrons. The van der Waals surface area contributed by atoms with E-state index in [4.69, 9.17) is 4.74 Å². The lowest BCUT2D eigenvalue weighted by Gasteiger charge is -2.07. The third-order valence-corrected chi connectivity index (χ3v) is 2.82. The van der Waals surface area contributed by atoms with Crippen molar-refractivity contribution in [3.8, 4) is 11.5 Å². The number of halogens is 2. The van der Waals surface area contributed by atoms with E-state index in [9.17, 15) is 9.90 Å². The van der Waals surface area contributed by atoms with Gasteiger partial charge < -0.3 is 9.84 Å². The molecule has 5 heteroatoms. The highest BCUT2D eigenvalue weighted by atomic mass is 79.9. The van der Waals surface area contributed by atoms with E-state index in [-0.39, 0.29) is 22.4 Å². The monoisotopic (exact) mass is 322 g/mol. The first-order valence-corrected chi connectivity index (χ1v) is 5.67. The Morgan fingerprint density at radius 1 is 1.57 bits per heavy atom. The molecule has 0 aliphatic carbocycles. The van der Waals surface area contributed by atoms with Crippen LogP contribution in [0.15, 0.2) is 16.6 Å². The van der Waals surface area contributed by atoms with Gasteiger partial charge in [-0.25, -0.2) is 0 Å². The van der Waals surface area contributed by atoms with Gasteiger partial charge in [0.15, 0.2) is 5.78 Å². The molecule has 1 aromatic rings. The number of ketones is 1. The van der Waals surface area contributed by atoms with E-state index in [1.165, 1.54) is 19.2 Å². The van der Waals surface area contributed by atoms with Crippen molar-refractivity contribution in [3.63, 3.8) is 0 Å². The van der Waals surface area contributed by atoms with E-state index >= 15 is 0 Å². The molecular weight excluding hydrogens is 316 g/mol. The molecule has 0 spiro atoms. The number of Topliss-reactive ketones (excluding diaryl/α,β-unsaturated/α-hetero) is 1. The highest BCUT2D eigenvalue weighted by molar-refractivity contribution is 9.10.